The Kier molecular flexibility index (Phi) is 4.77. The van der Waals surface area contributed by atoms with Crippen LogP contribution in [0, 0.1) is 0 Å². The molecule has 2 heterocycles. The van der Waals surface area contributed by atoms with Crippen LogP contribution in [0.2, 0.25) is 0 Å². The van der Waals surface area contributed by atoms with Crippen molar-refractivity contribution in [2.75, 3.05) is 0 Å². The molecule has 0 saturated carbocycles. The normalized spacial score (nSPS) is 11.4. The quantitative estimate of drug-likeness (QED) is 0.612. The van der Waals surface area contributed by atoms with Gasteiger partial charge in [-0.2, -0.15) is 0 Å². The summed E-state index contributed by atoms with van der Waals surface area (Å²) >= 11 is 0. The van der Waals surface area contributed by atoms with Crippen LogP contribution in [0.4, 0.5) is 0 Å². The smallest absolute Gasteiger partial charge is 0.320 e. The van der Waals surface area contributed by atoms with Gasteiger partial charge in [0, 0.05) is 24.4 Å². The maximum absolute atomic E-state index is 10.3. The number of carboxylic acid groups (broad SMARTS) is 1. The number of carboxylic acids is 1. The second kappa shape index (κ2) is 6.33. The van der Waals surface area contributed by atoms with Gasteiger partial charge in [0.2, 0.25) is 0 Å². The van der Waals surface area contributed by atoms with Crippen molar-refractivity contribution in [2.45, 2.75) is 12.5 Å². The van der Waals surface area contributed by atoms with E-state index in [4.69, 9.17) is 15.9 Å². The molecule has 1 atom stereocenters. The highest BCUT2D eigenvalue weighted by Gasteiger charge is 2.11. The Balaban J connectivity index is 0.000000202. The highest BCUT2D eigenvalue weighted by Crippen LogP contribution is 2.04. The van der Waals surface area contributed by atoms with Crippen molar-refractivity contribution in [2.24, 2.45) is 5.73 Å². The Morgan fingerprint density at radius 3 is 2.76 bits per heavy atom. The van der Waals surface area contributed by atoms with Crippen molar-refractivity contribution in [1.29, 1.82) is 0 Å². The SMILES string of the molecule is NC(Cc1cnc[nH]1)C(=O)O.Oc1ccco1. The fourth-order valence-corrected chi connectivity index (χ4v) is 0.990. The van der Waals surface area contributed by atoms with Crippen LogP contribution >= 0.6 is 0 Å². The molecule has 0 radical (unpaired) electrons. The number of nitrogens with two attached hydrogens (primary N) is 1. The number of imidazole rings is 1. The standard InChI is InChI=1S/C6H9N3O2.C4H4O2/c7-5(6(10)11)1-4-2-8-3-9-4;5-4-2-1-3-6-4/h2-3,5H,1,7H2,(H,8,9)(H,10,11);1-3,5H. The van der Waals surface area contributed by atoms with Crippen molar-refractivity contribution >= 4 is 5.97 Å². The molecule has 0 spiro atoms. The first-order valence-corrected chi connectivity index (χ1v) is 4.77. The summed E-state index contributed by atoms with van der Waals surface area (Å²) in [6, 6.07) is 2.24. The molecule has 0 saturated heterocycles. The van der Waals surface area contributed by atoms with E-state index in [2.05, 4.69) is 14.4 Å². The van der Waals surface area contributed by atoms with Crippen LogP contribution in [0.15, 0.2) is 35.3 Å². The van der Waals surface area contributed by atoms with E-state index in [0.29, 0.717) is 0 Å². The third-order valence-corrected chi connectivity index (χ3v) is 1.82. The number of carbonyl (C=O) groups is 1. The first kappa shape index (κ1) is 12.8. The van der Waals surface area contributed by atoms with E-state index in [1.54, 1.807) is 12.3 Å². The summed E-state index contributed by atoms with van der Waals surface area (Å²) in [7, 11) is 0. The van der Waals surface area contributed by atoms with Crippen molar-refractivity contribution in [3.63, 3.8) is 0 Å². The van der Waals surface area contributed by atoms with E-state index in [-0.39, 0.29) is 12.4 Å². The molecule has 0 fully saturated rings. The van der Waals surface area contributed by atoms with Crippen LogP contribution in [0.25, 0.3) is 0 Å². The Hall–Kier alpha value is -2.28. The Morgan fingerprint density at radius 1 is 1.65 bits per heavy atom. The van der Waals surface area contributed by atoms with Crippen LogP contribution in [0.3, 0.4) is 0 Å². The number of hydrogen-bond donors (Lipinski definition) is 4. The minimum atomic E-state index is -1.00. The molecule has 5 N–H and O–H groups in total. The highest BCUT2D eigenvalue weighted by atomic mass is 16.5. The molecule has 0 amide bonds. The third-order valence-electron chi connectivity index (χ3n) is 1.82. The Morgan fingerprint density at radius 2 is 2.41 bits per heavy atom. The molecule has 0 aliphatic rings. The Bertz CT molecular complexity index is 424. The van der Waals surface area contributed by atoms with Gasteiger partial charge in [-0.25, -0.2) is 4.98 Å². The number of rotatable bonds is 3. The summed E-state index contributed by atoms with van der Waals surface area (Å²) in [6.07, 6.45) is 4.75. The summed E-state index contributed by atoms with van der Waals surface area (Å²) < 4.78 is 4.39. The molecule has 92 valence electrons. The predicted octanol–water partition coefficient (Wildman–Crippen LogP) is 0.349. The zero-order valence-corrected chi connectivity index (χ0v) is 8.91. The van der Waals surface area contributed by atoms with Gasteiger partial charge in [0.15, 0.2) is 0 Å². The lowest BCUT2D eigenvalue weighted by molar-refractivity contribution is -0.138. The molecular weight excluding hydrogens is 226 g/mol. The van der Waals surface area contributed by atoms with Gasteiger partial charge < -0.3 is 25.3 Å². The van der Waals surface area contributed by atoms with Crippen LogP contribution < -0.4 is 5.73 Å². The summed E-state index contributed by atoms with van der Waals surface area (Å²) in [5.41, 5.74) is 6.00. The number of aromatic nitrogens is 2. The number of aromatic hydroxyl groups is 1. The lowest BCUT2D eigenvalue weighted by Crippen LogP contribution is -2.32. The van der Waals surface area contributed by atoms with Gasteiger partial charge >= 0.3 is 5.97 Å². The fraction of sp³-hybridized carbons (Fsp3) is 0.200. The molecule has 2 aromatic rings. The highest BCUT2D eigenvalue weighted by molar-refractivity contribution is 5.73. The van der Waals surface area contributed by atoms with Crippen LogP contribution in [0.5, 0.6) is 5.95 Å². The lowest BCUT2D eigenvalue weighted by atomic mass is 10.2. The van der Waals surface area contributed by atoms with Gasteiger partial charge in [0.1, 0.15) is 6.04 Å². The topological polar surface area (TPSA) is 125 Å². The van der Waals surface area contributed by atoms with Crippen LogP contribution in [-0.4, -0.2) is 32.2 Å². The van der Waals surface area contributed by atoms with Crippen LogP contribution in [-0.2, 0) is 11.2 Å². The van der Waals surface area contributed by atoms with E-state index in [0.717, 1.165) is 5.69 Å². The minimum absolute atomic E-state index is 0.0324. The van der Waals surface area contributed by atoms with E-state index in [9.17, 15) is 4.79 Å². The largest absolute Gasteiger partial charge is 0.481 e. The number of aromatic amines is 1. The number of H-pyrrole nitrogens is 1. The molecule has 0 bridgehead atoms. The predicted molar refractivity (Wildman–Crippen MR) is 58.3 cm³/mol. The lowest BCUT2D eigenvalue weighted by Gasteiger charge is -2.02. The first-order chi connectivity index (χ1) is 8.09. The zero-order chi connectivity index (χ0) is 12.7. The van der Waals surface area contributed by atoms with Crippen molar-refractivity contribution in [1.82, 2.24) is 9.97 Å². The molecule has 1 unspecified atom stereocenters. The number of aliphatic carboxylic acids is 1. The maximum atomic E-state index is 10.3. The molecule has 2 rings (SSSR count). The molecule has 7 nitrogen and oxygen atoms in total. The second-order valence-corrected chi connectivity index (χ2v) is 3.18. The fourth-order valence-electron chi connectivity index (χ4n) is 0.990. The minimum Gasteiger partial charge on any atom is -0.481 e. The summed E-state index contributed by atoms with van der Waals surface area (Å²) in [6.45, 7) is 0. The van der Waals surface area contributed by atoms with Gasteiger partial charge in [-0.15, -0.1) is 0 Å². The van der Waals surface area contributed by atoms with Gasteiger partial charge in [-0.1, -0.05) is 0 Å². The average Bonchev–Trinajstić information content (AvgIpc) is 2.92. The molecular formula is C10H13N3O4. The Labute approximate surface area is 96.9 Å². The molecule has 0 aliphatic carbocycles. The zero-order valence-electron chi connectivity index (χ0n) is 8.91. The summed E-state index contributed by atoms with van der Waals surface area (Å²) in [5, 5.41) is 16.7. The van der Waals surface area contributed by atoms with Gasteiger partial charge in [0.05, 0.1) is 12.6 Å². The summed E-state index contributed by atoms with van der Waals surface area (Å²) in [4.78, 5) is 16.8. The molecule has 0 aliphatic heterocycles. The first-order valence-electron chi connectivity index (χ1n) is 4.77. The van der Waals surface area contributed by atoms with Gasteiger partial charge in [0.25, 0.3) is 5.95 Å². The van der Waals surface area contributed by atoms with Crippen molar-refractivity contribution in [3.05, 3.63) is 36.6 Å². The molecule has 7 heteroatoms. The van der Waals surface area contributed by atoms with E-state index in [1.165, 1.54) is 18.7 Å². The van der Waals surface area contributed by atoms with E-state index < -0.39 is 12.0 Å². The maximum Gasteiger partial charge on any atom is 0.320 e. The van der Waals surface area contributed by atoms with Gasteiger partial charge in [-0.3, -0.25) is 4.79 Å². The third kappa shape index (κ3) is 4.85. The number of hydrogen-bond acceptors (Lipinski definition) is 5. The van der Waals surface area contributed by atoms with E-state index >= 15 is 0 Å². The monoisotopic (exact) mass is 239 g/mol. The number of nitrogens with one attached hydrogen (secondary N) is 1. The number of furan rings is 1. The molecule has 2 aromatic heterocycles. The molecule has 17 heavy (non-hydrogen) atoms. The van der Waals surface area contributed by atoms with E-state index in [1.807, 2.05) is 0 Å². The van der Waals surface area contributed by atoms with Crippen LogP contribution in [0.1, 0.15) is 5.69 Å². The molecule has 0 aromatic carbocycles. The van der Waals surface area contributed by atoms with Crippen molar-refractivity contribution < 1.29 is 19.4 Å². The summed E-state index contributed by atoms with van der Waals surface area (Å²) in [5.74, 6) is -1.03. The second-order valence-electron chi connectivity index (χ2n) is 3.18. The number of nitrogens with zero attached hydrogens (tertiary/aromatic N) is 1. The van der Waals surface area contributed by atoms with Gasteiger partial charge in [-0.05, 0) is 6.07 Å². The van der Waals surface area contributed by atoms with Crippen molar-refractivity contribution in [3.8, 4) is 5.95 Å². The average molecular weight is 239 g/mol.